The van der Waals surface area contributed by atoms with E-state index in [2.05, 4.69) is 9.80 Å². The van der Waals surface area contributed by atoms with E-state index >= 15 is 0 Å². The Morgan fingerprint density at radius 1 is 1.25 bits per heavy atom. The van der Waals surface area contributed by atoms with Crippen molar-refractivity contribution in [1.29, 1.82) is 0 Å². The summed E-state index contributed by atoms with van der Waals surface area (Å²) >= 11 is 0. The Kier molecular flexibility index (Phi) is 4.99. The van der Waals surface area contributed by atoms with Crippen molar-refractivity contribution in [3.05, 3.63) is 39.7 Å². The zero-order valence-corrected chi connectivity index (χ0v) is 11.2. The lowest BCUT2D eigenvalue weighted by Crippen LogP contribution is -2.46. The molecule has 1 aromatic carbocycles. The second-order valence-electron chi connectivity index (χ2n) is 4.85. The van der Waals surface area contributed by atoms with Gasteiger partial charge < -0.3 is 5.11 Å². The van der Waals surface area contributed by atoms with Crippen molar-refractivity contribution in [3.63, 3.8) is 0 Å². The molecule has 1 saturated heterocycles. The molecule has 0 radical (unpaired) electrons. The van der Waals surface area contributed by atoms with E-state index in [0.29, 0.717) is 18.7 Å². The van der Waals surface area contributed by atoms with Gasteiger partial charge in [0.05, 0.1) is 11.5 Å². The van der Waals surface area contributed by atoms with Crippen molar-refractivity contribution in [2.75, 3.05) is 39.3 Å². The van der Waals surface area contributed by atoms with Crippen molar-refractivity contribution in [3.8, 4) is 0 Å². The summed E-state index contributed by atoms with van der Waals surface area (Å²) in [7, 11) is 0. The van der Waals surface area contributed by atoms with Crippen molar-refractivity contribution in [2.45, 2.75) is 6.54 Å². The van der Waals surface area contributed by atoms with E-state index in [1.807, 2.05) is 0 Å². The van der Waals surface area contributed by atoms with E-state index in [1.54, 1.807) is 6.07 Å². The first kappa shape index (κ1) is 14.8. The van der Waals surface area contributed by atoms with Gasteiger partial charge in [0.2, 0.25) is 5.82 Å². The summed E-state index contributed by atoms with van der Waals surface area (Å²) in [5.74, 6) is -0.740. The summed E-state index contributed by atoms with van der Waals surface area (Å²) in [5.41, 5.74) is -0.115. The number of piperazine rings is 1. The number of nitro benzene ring substituents is 1. The van der Waals surface area contributed by atoms with Crippen LogP contribution < -0.4 is 0 Å². The van der Waals surface area contributed by atoms with Crippen LogP contribution in [0.5, 0.6) is 0 Å². The zero-order chi connectivity index (χ0) is 14.5. The molecule has 2 rings (SSSR count). The van der Waals surface area contributed by atoms with Gasteiger partial charge in [-0.1, -0.05) is 12.1 Å². The zero-order valence-electron chi connectivity index (χ0n) is 11.2. The van der Waals surface area contributed by atoms with Crippen LogP contribution in [0, 0.1) is 15.9 Å². The van der Waals surface area contributed by atoms with Gasteiger partial charge >= 0.3 is 5.69 Å². The van der Waals surface area contributed by atoms with Crippen LogP contribution in [-0.4, -0.2) is 59.2 Å². The molecule has 110 valence electrons. The van der Waals surface area contributed by atoms with Crippen LogP contribution in [0.2, 0.25) is 0 Å². The van der Waals surface area contributed by atoms with E-state index < -0.39 is 16.4 Å². The average Bonchev–Trinajstić information content (AvgIpc) is 2.43. The largest absolute Gasteiger partial charge is 0.395 e. The van der Waals surface area contributed by atoms with Gasteiger partial charge in [-0.3, -0.25) is 19.9 Å². The molecule has 6 nitrogen and oxygen atoms in total. The Bertz CT molecular complexity index is 476. The molecule has 0 unspecified atom stereocenters. The van der Waals surface area contributed by atoms with Crippen molar-refractivity contribution in [1.82, 2.24) is 9.80 Å². The number of benzene rings is 1. The fourth-order valence-corrected chi connectivity index (χ4v) is 2.38. The van der Waals surface area contributed by atoms with Crippen LogP contribution in [0.3, 0.4) is 0 Å². The molecule has 1 aromatic rings. The predicted molar refractivity (Wildman–Crippen MR) is 71.9 cm³/mol. The highest BCUT2D eigenvalue weighted by atomic mass is 19.1. The van der Waals surface area contributed by atoms with Crippen LogP contribution in [0.15, 0.2) is 18.2 Å². The van der Waals surface area contributed by atoms with Gasteiger partial charge in [0.25, 0.3) is 0 Å². The third kappa shape index (κ3) is 3.50. The minimum absolute atomic E-state index is 0.138. The lowest BCUT2D eigenvalue weighted by Gasteiger charge is -2.34. The first-order valence-corrected chi connectivity index (χ1v) is 6.59. The molecule has 7 heteroatoms. The lowest BCUT2D eigenvalue weighted by molar-refractivity contribution is -0.387. The first-order chi connectivity index (χ1) is 9.61. The normalized spacial score (nSPS) is 17.3. The molecule has 0 spiro atoms. The quantitative estimate of drug-likeness (QED) is 0.640. The Balaban J connectivity index is 1.98. The molecular formula is C13H18FN3O3. The highest BCUT2D eigenvalue weighted by molar-refractivity contribution is 5.36. The van der Waals surface area contributed by atoms with Crippen LogP contribution >= 0.6 is 0 Å². The SMILES string of the molecule is O=[N+]([O-])c1cccc(CN2CCN(CCO)CC2)c1F. The molecule has 1 aliphatic heterocycles. The predicted octanol–water partition coefficient (Wildman–Crippen LogP) is 0.844. The average molecular weight is 283 g/mol. The standard InChI is InChI=1S/C13H18FN3O3/c14-13-11(2-1-3-12(13)17(19)20)10-16-6-4-15(5-7-16)8-9-18/h1-3,18H,4-10H2. The van der Waals surface area contributed by atoms with Gasteiger partial charge in [-0.25, -0.2) is 0 Å². The van der Waals surface area contributed by atoms with Gasteiger partial charge in [-0.2, -0.15) is 4.39 Å². The molecule has 0 aliphatic carbocycles. The number of rotatable bonds is 5. The van der Waals surface area contributed by atoms with Gasteiger partial charge in [-0.15, -0.1) is 0 Å². The van der Waals surface area contributed by atoms with Crippen molar-refractivity contribution >= 4 is 5.69 Å². The summed E-state index contributed by atoms with van der Waals surface area (Å²) < 4.78 is 14.0. The third-order valence-electron chi connectivity index (χ3n) is 3.53. The maximum Gasteiger partial charge on any atom is 0.305 e. The fraction of sp³-hybridized carbons (Fsp3) is 0.538. The summed E-state index contributed by atoms with van der Waals surface area (Å²) in [6.07, 6.45) is 0. The molecule has 0 bridgehead atoms. The van der Waals surface area contributed by atoms with Crippen molar-refractivity contribution < 1.29 is 14.4 Å². The van der Waals surface area contributed by atoms with E-state index in [9.17, 15) is 14.5 Å². The number of nitro groups is 1. The molecule has 0 atom stereocenters. The number of hydrogen-bond acceptors (Lipinski definition) is 5. The second-order valence-corrected chi connectivity index (χ2v) is 4.85. The number of β-amino-alcohol motifs (C(OH)–C–C–N with tert-alkyl or cyclic N) is 1. The topological polar surface area (TPSA) is 69.9 Å². The lowest BCUT2D eigenvalue weighted by atomic mass is 10.1. The Labute approximate surface area is 116 Å². The second kappa shape index (κ2) is 6.74. The van der Waals surface area contributed by atoms with Crippen LogP contribution in [0.4, 0.5) is 10.1 Å². The van der Waals surface area contributed by atoms with Gasteiger partial charge in [-0.05, 0) is 0 Å². The maximum absolute atomic E-state index is 14.0. The summed E-state index contributed by atoms with van der Waals surface area (Å²) in [6, 6.07) is 4.28. The molecule has 1 fully saturated rings. The molecule has 0 amide bonds. The number of aliphatic hydroxyl groups is 1. The molecular weight excluding hydrogens is 265 g/mol. The van der Waals surface area contributed by atoms with Gasteiger partial charge in [0.15, 0.2) is 0 Å². The van der Waals surface area contributed by atoms with Crippen LogP contribution in [-0.2, 0) is 6.54 Å². The molecule has 0 saturated carbocycles. The monoisotopic (exact) mass is 283 g/mol. The fourth-order valence-electron chi connectivity index (χ4n) is 2.38. The third-order valence-corrected chi connectivity index (χ3v) is 3.53. The summed E-state index contributed by atoms with van der Waals surface area (Å²) in [4.78, 5) is 14.2. The molecule has 1 N–H and O–H groups in total. The highest BCUT2D eigenvalue weighted by Crippen LogP contribution is 2.21. The minimum atomic E-state index is -0.740. The maximum atomic E-state index is 14.0. The Hall–Kier alpha value is -1.57. The Morgan fingerprint density at radius 3 is 2.50 bits per heavy atom. The molecule has 1 aliphatic rings. The van der Waals surface area contributed by atoms with E-state index in [1.165, 1.54) is 12.1 Å². The number of nitrogens with zero attached hydrogens (tertiary/aromatic N) is 3. The van der Waals surface area contributed by atoms with Gasteiger partial charge in [0, 0.05) is 50.9 Å². The molecule has 20 heavy (non-hydrogen) atoms. The number of aliphatic hydroxyl groups excluding tert-OH is 1. The molecule has 1 heterocycles. The van der Waals surface area contributed by atoms with E-state index in [4.69, 9.17) is 5.11 Å². The van der Waals surface area contributed by atoms with E-state index in [-0.39, 0.29) is 6.61 Å². The highest BCUT2D eigenvalue weighted by Gasteiger charge is 2.21. The molecule has 0 aromatic heterocycles. The minimum Gasteiger partial charge on any atom is -0.395 e. The summed E-state index contributed by atoms with van der Waals surface area (Å²) in [6.45, 7) is 4.33. The van der Waals surface area contributed by atoms with Crippen LogP contribution in [0.25, 0.3) is 0 Å². The Morgan fingerprint density at radius 2 is 1.90 bits per heavy atom. The summed E-state index contributed by atoms with van der Waals surface area (Å²) in [5, 5.41) is 19.6. The van der Waals surface area contributed by atoms with Crippen LogP contribution in [0.1, 0.15) is 5.56 Å². The van der Waals surface area contributed by atoms with Crippen molar-refractivity contribution in [2.24, 2.45) is 0 Å². The first-order valence-electron chi connectivity index (χ1n) is 6.59. The smallest absolute Gasteiger partial charge is 0.305 e. The van der Waals surface area contributed by atoms with Gasteiger partial charge in [0.1, 0.15) is 0 Å². The number of hydrogen-bond donors (Lipinski definition) is 1. The van der Waals surface area contributed by atoms with E-state index in [0.717, 1.165) is 26.2 Å². The number of halogens is 1.